The van der Waals surface area contributed by atoms with Crippen molar-refractivity contribution in [2.45, 2.75) is 19.3 Å². The summed E-state index contributed by atoms with van der Waals surface area (Å²) in [7, 11) is 1.98. The Morgan fingerprint density at radius 2 is 2.09 bits per heavy atom. The van der Waals surface area contributed by atoms with E-state index >= 15 is 0 Å². The summed E-state index contributed by atoms with van der Waals surface area (Å²) in [5.74, 6) is 0.618. The number of Topliss-reactive ketones (excluding diaryl/α,β-unsaturated/α-hetero) is 1. The van der Waals surface area contributed by atoms with Crippen LogP contribution in [0.5, 0.6) is 0 Å². The molecule has 3 aromatic rings. The number of aromatic nitrogens is 3. The van der Waals surface area contributed by atoms with Gasteiger partial charge in [-0.15, -0.1) is 0 Å². The summed E-state index contributed by atoms with van der Waals surface area (Å²) < 4.78 is 2.00. The average molecular weight is 291 g/mol. The third-order valence-electron chi connectivity index (χ3n) is 4.28. The van der Waals surface area contributed by atoms with Crippen molar-refractivity contribution < 1.29 is 4.79 Å². The molecule has 4 rings (SSSR count). The van der Waals surface area contributed by atoms with Crippen LogP contribution in [0.3, 0.4) is 0 Å². The number of benzene rings is 1. The molecule has 0 saturated heterocycles. The predicted molar refractivity (Wildman–Crippen MR) is 85.4 cm³/mol. The highest BCUT2D eigenvalue weighted by molar-refractivity contribution is 5.89. The first-order valence-electron chi connectivity index (χ1n) is 7.59. The van der Waals surface area contributed by atoms with Crippen LogP contribution in [0.25, 0.3) is 22.0 Å². The Morgan fingerprint density at radius 3 is 2.82 bits per heavy atom. The molecule has 0 unspecified atom stereocenters. The molecule has 1 aromatic carbocycles. The smallest absolute Gasteiger partial charge is 0.141 e. The van der Waals surface area contributed by atoms with Crippen LogP contribution in [0.15, 0.2) is 43.0 Å². The minimum Gasteiger partial charge on any atom is -0.334 e. The van der Waals surface area contributed by atoms with Crippen molar-refractivity contribution in [1.29, 1.82) is 0 Å². The molecule has 0 amide bonds. The molecule has 0 bridgehead atoms. The lowest BCUT2D eigenvalue weighted by Crippen LogP contribution is -2.06. The monoisotopic (exact) mass is 291 g/mol. The molecule has 110 valence electrons. The minimum atomic E-state index is 0.290. The number of nitrogens with zero attached hydrogens (tertiary/aromatic N) is 3. The van der Waals surface area contributed by atoms with E-state index in [0.29, 0.717) is 18.1 Å². The van der Waals surface area contributed by atoms with E-state index in [-0.39, 0.29) is 0 Å². The summed E-state index contributed by atoms with van der Waals surface area (Å²) >= 11 is 0. The molecule has 0 aliphatic heterocycles. The van der Waals surface area contributed by atoms with E-state index in [4.69, 9.17) is 0 Å². The second kappa shape index (κ2) is 5.05. The van der Waals surface area contributed by atoms with E-state index in [9.17, 15) is 4.79 Å². The van der Waals surface area contributed by atoms with E-state index in [1.165, 1.54) is 0 Å². The lowest BCUT2D eigenvalue weighted by molar-refractivity contribution is -0.119. The fourth-order valence-corrected chi connectivity index (χ4v) is 2.81. The third kappa shape index (κ3) is 2.41. The summed E-state index contributed by atoms with van der Waals surface area (Å²) in [5.41, 5.74) is 3.07. The maximum absolute atomic E-state index is 12.0. The standard InChI is InChI=1S/C18H17N3O/c1-21-11-19-10-17(21)13-4-5-14-9-20-16(7-15(14)6-13)8-18(22)12-2-3-12/h4-7,9-12H,2-3,8H2,1H3. The van der Waals surface area contributed by atoms with Crippen LogP contribution in [0.4, 0.5) is 0 Å². The number of hydrogen-bond acceptors (Lipinski definition) is 3. The Hall–Kier alpha value is -2.49. The first-order valence-corrected chi connectivity index (χ1v) is 7.59. The zero-order valence-electron chi connectivity index (χ0n) is 12.5. The first kappa shape index (κ1) is 13.2. The van der Waals surface area contributed by atoms with Crippen LogP contribution >= 0.6 is 0 Å². The molecule has 4 nitrogen and oxygen atoms in total. The van der Waals surface area contributed by atoms with Crippen LogP contribution in [-0.2, 0) is 18.3 Å². The molecule has 1 saturated carbocycles. The SMILES string of the molecule is Cn1cncc1-c1ccc2cnc(CC(=O)C3CC3)cc2c1. The zero-order chi connectivity index (χ0) is 15.1. The van der Waals surface area contributed by atoms with Gasteiger partial charge in [0.1, 0.15) is 5.78 Å². The van der Waals surface area contributed by atoms with Gasteiger partial charge in [-0.2, -0.15) is 0 Å². The summed E-state index contributed by atoms with van der Waals surface area (Å²) in [6.45, 7) is 0. The molecule has 2 aromatic heterocycles. The molecule has 2 heterocycles. The molecule has 22 heavy (non-hydrogen) atoms. The van der Waals surface area contributed by atoms with Crippen molar-refractivity contribution >= 4 is 16.6 Å². The highest BCUT2D eigenvalue weighted by Crippen LogP contribution is 2.31. The molecule has 0 spiro atoms. The quantitative estimate of drug-likeness (QED) is 0.742. The zero-order valence-corrected chi connectivity index (χ0v) is 12.5. The van der Waals surface area contributed by atoms with Crippen LogP contribution in [0.2, 0.25) is 0 Å². The Morgan fingerprint density at radius 1 is 1.23 bits per heavy atom. The van der Waals surface area contributed by atoms with E-state index in [0.717, 1.165) is 40.6 Å². The molecule has 0 N–H and O–H groups in total. The molecule has 1 fully saturated rings. The Balaban J connectivity index is 1.71. The molecule has 4 heteroatoms. The predicted octanol–water partition coefficient (Wildman–Crippen LogP) is 3.16. The van der Waals surface area contributed by atoms with Gasteiger partial charge in [-0.05, 0) is 30.4 Å². The van der Waals surface area contributed by atoms with Gasteiger partial charge < -0.3 is 4.57 Å². The van der Waals surface area contributed by atoms with Crippen LogP contribution in [-0.4, -0.2) is 20.3 Å². The Labute approximate surface area is 128 Å². The maximum Gasteiger partial charge on any atom is 0.141 e. The van der Waals surface area contributed by atoms with Gasteiger partial charge in [-0.25, -0.2) is 4.98 Å². The Bertz CT molecular complexity index is 862. The topological polar surface area (TPSA) is 47.8 Å². The second-order valence-electron chi connectivity index (χ2n) is 6.04. The molecule has 1 aliphatic rings. The number of rotatable bonds is 4. The highest BCUT2D eigenvalue weighted by Gasteiger charge is 2.29. The van der Waals surface area contributed by atoms with Crippen molar-refractivity contribution in [1.82, 2.24) is 14.5 Å². The molecule has 0 radical (unpaired) electrons. The molecular weight excluding hydrogens is 274 g/mol. The van der Waals surface area contributed by atoms with E-state index in [1.807, 2.05) is 30.1 Å². The first-order chi connectivity index (χ1) is 10.7. The number of imidazole rings is 1. The van der Waals surface area contributed by atoms with Gasteiger partial charge in [0.15, 0.2) is 0 Å². The summed E-state index contributed by atoms with van der Waals surface area (Å²) in [6.07, 6.45) is 8.08. The fourth-order valence-electron chi connectivity index (χ4n) is 2.81. The van der Waals surface area contributed by atoms with Crippen LogP contribution < -0.4 is 0 Å². The van der Waals surface area contributed by atoms with Crippen molar-refractivity contribution in [3.8, 4) is 11.3 Å². The van der Waals surface area contributed by atoms with Crippen molar-refractivity contribution in [3.05, 3.63) is 48.7 Å². The lowest BCUT2D eigenvalue weighted by Gasteiger charge is -2.06. The van der Waals surface area contributed by atoms with Gasteiger partial charge in [-0.3, -0.25) is 9.78 Å². The van der Waals surface area contributed by atoms with Gasteiger partial charge in [0.05, 0.1) is 18.2 Å². The Kier molecular flexibility index (Phi) is 3.03. The minimum absolute atomic E-state index is 0.290. The molecule has 0 atom stereocenters. The number of ketones is 1. The number of fused-ring (bicyclic) bond motifs is 1. The van der Waals surface area contributed by atoms with Crippen LogP contribution in [0, 0.1) is 5.92 Å². The summed E-state index contributed by atoms with van der Waals surface area (Å²) in [5, 5.41) is 2.21. The van der Waals surface area contributed by atoms with Gasteiger partial charge >= 0.3 is 0 Å². The number of pyridine rings is 1. The van der Waals surface area contributed by atoms with Gasteiger partial charge in [0.2, 0.25) is 0 Å². The third-order valence-corrected chi connectivity index (χ3v) is 4.28. The van der Waals surface area contributed by atoms with Crippen molar-refractivity contribution in [2.75, 3.05) is 0 Å². The van der Waals surface area contributed by atoms with E-state index < -0.39 is 0 Å². The average Bonchev–Trinajstić information content (AvgIpc) is 3.29. The number of carbonyl (C=O) groups is 1. The lowest BCUT2D eigenvalue weighted by atomic mass is 10.0. The number of carbonyl (C=O) groups excluding carboxylic acids is 1. The van der Waals surface area contributed by atoms with Gasteiger partial charge in [-0.1, -0.05) is 12.1 Å². The van der Waals surface area contributed by atoms with E-state index in [1.54, 1.807) is 6.33 Å². The summed E-state index contributed by atoms with van der Waals surface area (Å²) in [6, 6.07) is 8.32. The number of hydrogen-bond donors (Lipinski definition) is 0. The van der Waals surface area contributed by atoms with Crippen LogP contribution in [0.1, 0.15) is 18.5 Å². The molecule has 1 aliphatic carbocycles. The van der Waals surface area contributed by atoms with E-state index in [2.05, 4.69) is 28.2 Å². The second-order valence-corrected chi connectivity index (χ2v) is 6.04. The maximum atomic E-state index is 12.0. The largest absolute Gasteiger partial charge is 0.334 e. The van der Waals surface area contributed by atoms with Crippen molar-refractivity contribution in [2.24, 2.45) is 13.0 Å². The molecular formula is C18H17N3O. The van der Waals surface area contributed by atoms with Gasteiger partial charge in [0.25, 0.3) is 0 Å². The number of aryl methyl sites for hydroxylation is 1. The highest BCUT2D eigenvalue weighted by atomic mass is 16.1. The fraction of sp³-hybridized carbons (Fsp3) is 0.278. The van der Waals surface area contributed by atoms with Gasteiger partial charge in [0, 0.05) is 42.2 Å². The normalized spacial score (nSPS) is 14.4. The summed E-state index contributed by atoms with van der Waals surface area (Å²) in [4.78, 5) is 20.6. The van der Waals surface area contributed by atoms with Crippen molar-refractivity contribution in [3.63, 3.8) is 0 Å².